The number of rotatable bonds is 58. The predicted octanol–water partition coefficient (Wildman–Crippen LogP) is -9.16. The van der Waals surface area contributed by atoms with Gasteiger partial charge in [-0.15, -0.1) is 20.4 Å². The maximum Gasteiger partial charge on any atom is 0.342 e. The number of carbonyl (C=O) groups excluding carboxylic acids is 7. The van der Waals surface area contributed by atoms with Gasteiger partial charge in [-0.1, -0.05) is 39.4 Å². The zero-order chi connectivity index (χ0) is 93.2. The highest BCUT2D eigenvalue weighted by Crippen LogP contribution is 2.29. The molecule has 0 spiro atoms. The van der Waals surface area contributed by atoms with Crippen LogP contribution in [0.15, 0.2) is 48.1 Å². The van der Waals surface area contributed by atoms with E-state index in [-0.39, 0.29) is 168 Å². The Morgan fingerprint density at radius 1 is 0.442 bits per heavy atom. The molecular weight excluding hydrogens is 1710 g/mol. The van der Waals surface area contributed by atoms with Crippen LogP contribution in [0.2, 0.25) is 0 Å². The average molecular weight is 1840 g/mol. The van der Waals surface area contributed by atoms with Gasteiger partial charge in [0.1, 0.15) is 97.4 Å². The van der Waals surface area contributed by atoms with Gasteiger partial charge in [0.2, 0.25) is 29.5 Å². The van der Waals surface area contributed by atoms with Crippen LogP contribution in [0, 0.1) is 0 Å². The smallest absolute Gasteiger partial charge is 0.342 e. The first-order valence-electron chi connectivity index (χ1n) is 42.7. The predicted molar refractivity (Wildman–Crippen MR) is 434 cm³/mol. The molecule has 4 fully saturated rings. The molecule has 0 saturated carbocycles. The van der Waals surface area contributed by atoms with Crippen LogP contribution in [0.25, 0.3) is 0 Å². The topological polar surface area (TPSA) is 672 Å². The molecule has 17 N–H and O–H groups in total. The van der Waals surface area contributed by atoms with Crippen LogP contribution in [0.3, 0.4) is 0 Å². The monoisotopic (exact) mass is 1840 g/mol. The molecular formula is C78H125N19O32. The first kappa shape index (κ1) is 104. The van der Waals surface area contributed by atoms with Crippen molar-refractivity contribution in [3.63, 3.8) is 0 Å². The van der Waals surface area contributed by atoms with Crippen molar-refractivity contribution in [3.05, 3.63) is 70.9 Å². The molecule has 0 bridgehead atoms. The van der Waals surface area contributed by atoms with Gasteiger partial charge in [0.25, 0.3) is 0 Å². The van der Waals surface area contributed by atoms with Crippen molar-refractivity contribution >= 4 is 41.5 Å². The molecule has 5 amide bonds. The molecule has 0 aromatic carbocycles. The first-order valence-corrected chi connectivity index (χ1v) is 42.7. The number of nitrogens with zero attached hydrogens (tertiary/aromatic N) is 14. The molecule has 9 rings (SSSR count). The van der Waals surface area contributed by atoms with E-state index >= 15 is 4.79 Å². The Bertz CT molecular complexity index is 3960. The highest BCUT2D eigenvalue weighted by atomic mass is 16.7. The lowest BCUT2D eigenvalue weighted by Gasteiger charge is -2.42. The van der Waals surface area contributed by atoms with Crippen LogP contribution in [0.1, 0.15) is 102 Å². The maximum atomic E-state index is 15.2. The highest BCUT2D eigenvalue weighted by molar-refractivity contribution is 6.12. The van der Waals surface area contributed by atoms with Gasteiger partial charge in [-0.3, -0.25) is 33.8 Å². The molecule has 4 saturated heterocycles. The minimum absolute atomic E-state index is 0.000663. The maximum absolute atomic E-state index is 15.2. The fraction of sp³-hybridized carbons (Fsp3) is 0.756. The van der Waals surface area contributed by atoms with E-state index in [2.05, 4.69) is 79.3 Å². The summed E-state index contributed by atoms with van der Waals surface area (Å²) in [5.74, 6) is -3.80. The van der Waals surface area contributed by atoms with Gasteiger partial charge in [-0.05, 0) is 52.0 Å². The van der Waals surface area contributed by atoms with Gasteiger partial charge in [0.15, 0.2) is 25.2 Å². The first-order chi connectivity index (χ1) is 61.9. The summed E-state index contributed by atoms with van der Waals surface area (Å²) in [6, 6.07) is -5.51. The van der Waals surface area contributed by atoms with Crippen molar-refractivity contribution in [3.8, 4) is 0 Å². The minimum atomic E-state index is -1.52. The Balaban J connectivity index is 0.898. The van der Waals surface area contributed by atoms with E-state index in [9.17, 15) is 90.0 Å². The lowest BCUT2D eigenvalue weighted by atomic mass is 9.97. The number of aliphatic hydroxyl groups excluding tert-OH is 12. The third kappa shape index (κ3) is 32.2. The van der Waals surface area contributed by atoms with Crippen LogP contribution in [0.4, 0.5) is 0 Å². The van der Waals surface area contributed by atoms with Crippen LogP contribution in [-0.4, -0.2) is 420 Å². The Hall–Kier alpha value is -8.51. The van der Waals surface area contributed by atoms with Crippen LogP contribution < -0.4 is 26.6 Å². The van der Waals surface area contributed by atoms with E-state index in [0.29, 0.717) is 61.4 Å². The zero-order valence-electron chi connectivity index (χ0n) is 72.8. The van der Waals surface area contributed by atoms with Gasteiger partial charge in [-0.25, -0.2) is 28.3 Å². The molecule has 9 heterocycles. The van der Waals surface area contributed by atoms with Gasteiger partial charge in [-0.2, -0.15) is 0 Å². The number of aliphatic hydroxyl groups is 12. The summed E-state index contributed by atoms with van der Waals surface area (Å²) < 4.78 is 80.4. The van der Waals surface area contributed by atoms with Crippen molar-refractivity contribution in [2.45, 2.75) is 261 Å². The number of allylic oxidation sites excluding steroid dienone is 1. The second kappa shape index (κ2) is 53.3. The number of esters is 2. The average Bonchev–Trinajstić information content (AvgIpc) is 1.37. The largest absolute Gasteiger partial charge is 0.394 e. The van der Waals surface area contributed by atoms with Crippen LogP contribution in [0.5, 0.6) is 0 Å². The normalized spacial score (nSPS) is 26.9. The quantitative estimate of drug-likeness (QED) is 0.00845. The molecule has 21 atom stereocenters. The van der Waals surface area contributed by atoms with Gasteiger partial charge in [0.05, 0.1) is 161 Å². The number of ether oxygens (including phenoxy) is 13. The molecule has 51 nitrogen and oxygen atoms in total. The zero-order valence-corrected chi connectivity index (χ0v) is 72.8. The number of amides is 5. The van der Waals surface area contributed by atoms with E-state index in [4.69, 9.17) is 61.6 Å². The van der Waals surface area contributed by atoms with E-state index < -0.39 is 191 Å². The fourth-order valence-electron chi connectivity index (χ4n) is 14.9. The van der Waals surface area contributed by atoms with E-state index in [0.717, 1.165) is 5.57 Å². The molecule has 724 valence electrons. The summed E-state index contributed by atoms with van der Waals surface area (Å²) in [5.41, 5.74) is 3.29. The number of cyclic esters (lactones) is 2. The van der Waals surface area contributed by atoms with Crippen molar-refractivity contribution in [1.82, 2.24) is 96.4 Å². The third-order valence-corrected chi connectivity index (χ3v) is 21.6. The van der Waals surface area contributed by atoms with Gasteiger partial charge in [0, 0.05) is 96.4 Å². The molecule has 129 heavy (non-hydrogen) atoms. The van der Waals surface area contributed by atoms with E-state index in [1.165, 1.54) is 34.6 Å². The lowest BCUT2D eigenvalue weighted by molar-refractivity contribution is -0.272. The molecule has 5 aliphatic heterocycles. The standard InChI is InChI=1S/C78H125N19O32/c1-44(12-13-54-45(2)73(115)129-74(54)116)10-9-14-79-72(114)55(93(34-52-38-96(90-86-52)18-22-119-26-30-123-77-62(82-48(5)104)70(112)66(108)58(42-100)127-77)35-53-39-97(91-87-53)19-23-120-27-31-124-78-63(83-49(6)105)71(113)67(109)59(43-101)128-78)11-7-8-15-92(32-50-36-94(88-84-50)16-20-117-24-28-121-75-60(80-46(3)102)68(110)64(106)56(40-98)125-75)33-51-37-95(89-85-51)17-21-118-25-29-122-76-61(81-47(4)103)69(111)65(107)57(41-99)126-76/h36-39,55-71,75-78,98-101,106-113H,1,7-35,40-43H2,2-6H3,(H,79,114)(H,80,102)(H,81,103)(H,82,104)(H,83,105)/t55-,56?,57?,58?,59?,60?,61?,62?,63?,64?,65?,66?,67?,68?,69?,70?,71?,75?,76?,77?,78?/m0/s1. The number of nitrogens with one attached hydrogen (secondary N) is 5. The summed E-state index contributed by atoms with van der Waals surface area (Å²) in [6.07, 6.45) is -12.1. The Morgan fingerprint density at radius 2 is 0.767 bits per heavy atom. The number of aromatic nitrogens is 12. The Morgan fingerprint density at radius 3 is 1.07 bits per heavy atom. The Kier molecular flexibility index (Phi) is 43.0. The number of hydrogen-bond acceptors (Lipinski definition) is 42. The number of unbranched alkanes of at least 4 members (excludes halogenated alkanes) is 1. The van der Waals surface area contributed by atoms with Crippen LogP contribution in [-0.2, 0) is 147 Å². The molecule has 20 unspecified atom stereocenters. The molecule has 0 radical (unpaired) electrons. The molecule has 4 aromatic heterocycles. The summed E-state index contributed by atoms with van der Waals surface area (Å²) in [4.78, 5) is 91.7. The molecule has 0 aliphatic carbocycles. The molecule has 4 aromatic rings. The van der Waals surface area contributed by atoms with Crippen molar-refractivity contribution < 1.29 is 156 Å². The van der Waals surface area contributed by atoms with Crippen LogP contribution >= 0.6 is 0 Å². The second-order valence-corrected chi connectivity index (χ2v) is 31.6. The van der Waals surface area contributed by atoms with Gasteiger partial charge < -0.3 is 149 Å². The summed E-state index contributed by atoms with van der Waals surface area (Å²) in [6.45, 7) is 10.3. The van der Waals surface area contributed by atoms with Gasteiger partial charge >= 0.3 is 11.9 Å². The molecule has 5 aliphatic rings. The van der Waals surface area contributed by atoms with Crippen molar-refractivity contribution in [1.29, 1.82) is 0 Å². The minimum Gasteiger partial charge on any atom is -0.394 e. The fourth-order valence-corrected chi connectivity index (χ4v) is 14.9. The lowest BCUT2D eigenvalue weighted by Crippen LogP contribution is -2.64. The Labute approximate surface area is 741 Å². The molecule has 51 heteroatoms. The van der Waals surface area contributed by atoms with Crippen molar-refractivity contribution in [2.24, 2.45) is 0 Å². The second-order valence-electron chi connectivity index (χ2n) is 31.6. The third-order valence-electron chi connectivity index (χ3n) is 21.6. The van der Waals surface area contributed by atoms with E-state index in [1.807, 2.05) is 4.90 Å². The number of carbonyl (C=O) groups is 7. The summed E-state index contributed by atoms with van der Waals surface area (Å²) >= 11 is 0. The highest BCUT2D eigenvalue weighted by Gasteiger charge is 2.50. The summed E-state index contributed by atoms with van der Waals surface area (Å²) in [5, 5.41) is 173. The summed E-state index contributed by atoms with van der Waals surface area (Å²) in [7, 11) is 0. The SMILES string of the molecule is C=C(CCCNC(=O)[C@H](CCCCN(Cc1cn(CCOCCOC2OC(CO)C(O)C(O)C2NC(C)=O)nn1)Cc1cn(CCOCCOC2OC(CO)C(O)C(O)C2NC(C)=O)nn1)N(Cc1cn(CCOCCOC2OC(CO)C(O)C(O)C2NC(C)=O)nn1)Cc1cn(CCOCCOC2OC(CO)C(O)C(O)C2NC(C)=O)nn1)CCC1=C(C)C(=O)OC1=O. The van der Waals surface area contributed by atoms with Crippen molar-refractivity contribution in [2.75, 3.05) is 119 Å². The van der Waals surface area contributed by atoms with E-state index in [1.54, 1.807) is 43.5 Å². The number of hydrogen-bond donors (Lipinski definition) is 17.